The summed E-state index contributed by atoms with van der Waals surface area (Å²) >= 11 is 0. The molecule has 26 heteroatoms. The van der Waals surface area contributed by atoms with Gasteiger partial charge in [0.1, 0.15) is 30.4 Å². The van der Waals surface area contributed by atoms with E-state index >= 15 is 0 Å². The van der Waals surface area contributed by atoms with E-state index in [1.54, 1.807) is 12.1 Å². The third-order valence-electron chi connectivity index (χ3n) is 4.78. The third kappa shape index (κ3) is 11.9. The zero-order chi connectivity index (χ0) is 27.0. The van der Waals surface area contributed by atoms with Crippen LogP contribution in [0.5, 0.6) is 0 Å². The van der Waals surface area contributed by atoms with E-state index < -0.39 is 54.6 Å². The minimum absolute atomic E-state index is 0. The van der Waals surface area contributed by atoms with Gasteiger partial charge in [-0.1, -0.05) is 0 Å². The second-order valence-corrected chi connectivity index (χ2v) is 11.6. The smallest absolute Gasteiger partial charge is 0.790 e. The second kappa shape index (κ2) is 17.7. The fraction of sp³-hybridized carbons (Fsp3) is 0.400. The fourth-order valence-electron chi connectivity index (χ4n) is 3.30. The van der Waals surface area contributed by atoms with E-state index in [2.05, 4.69) is 33.4 Å². The number of hydrogen-bond donors (Lipinski definition) is 3. The van der Waals surface area contributed by atoms with Gasteiger partial charge in [-0.3, -0.25) is 18.0 Å². The number of phosphoric acid groups is 3. The number of aromatic nitrogens is 4. The van der Waals surface area contributed by atoms with Crippen molar-refractivity contribution in [2.45, 2.75) is 31.1 Å². The molecule has 204 valence electrons. The number of imidazole rings is 1. The van der Waals surface area contributed by atoms with Gasteiger partial charge in [-0.05, 0) is 12.1 Å². The van der Waals surface area contributed by atoms with Crippen molar-refractivity contribution in [1.29, 1.82) is 0 Å². The summed E-state index contributed by atoms with van der Waals surface area (Å²) in [7, 11) is -18.1. The molecule has 1 fully saturated rings. The number of nitrogens with zero attached hydrogens (tertiary/aromatic N) is 4. The molecule has 3 aromatic rings. The van der Waals surface area contributed by atoms with Crippen molar-refractivity contribution >= 4 is 40.4 Å². The average molecular weight is 675 g/mol. The van der Waals surface area contributed by atoms with Gasteiger partial charge >= 0.3 is 118 Å². The Kier molecular flexibility index (Phi) is 18.6. The maximum atomic E-state index is 11.7. The van der Waals surface area contributed by atoms with Crippen molar-refractivity contribution in [1.82, 2.24) is 19.5 Å². The van der Waals surface area contributed by atoms with Gasteiger partial charge in [0.25, 0.3) is 15.6 Å². The first kappa shape index (κ1) is 42.9. The number of fused-ring (bicyclic) bond motifs is 1. The molecule has 0 saturated carbocycles. The molecule has 4 heterocycles. The molecule has 6 unspecified atom stereocenters. The summed E-state index contributed by atoms with van der Waals surface area (Å²) in [4.78, 5) is 56.1. The topological polar surface area (TPSA) is 290 Å². The fourth-order valence-corrected chi connectivity index (χ4v) is 6.16. The Bertz CT molecular complexity index is 1400. The Hall–Kier alpha value is 1.92. The van der Waals surface area contributed by atoms with Crippen LogP contribution in [0.4, 0.5) is 5.82 Å². The van der Waals surface area contributed by atoms with Crippen LogP contribution >= 0.6 is 23.5 Å². The van der Waals surface area contributed by atoms with Gasteiger partial charge in [-0.25, -0.2) is 19.3 Å². The van der Waals surface area contributed by atoms with Crippen molar-refractivity contribution in [2.24, 2.45) is 0 Å². The quantitative estimate of drug-likeness (QED) is 0.126. The Morgan fingerprint density at radius 1 is 0.976 bits per heavy atom. The van der Waals surface area contributed by atoms with Crippen LogP contribution < -0.4 is 143 Å². The number of ether oxygens (including phenoxy) is 1. The first-order valence-electron chi connectivity index (χ1n) is 9.91. The van der Waals surface area contributed by atoms with Crippen LogP contribution in [-0.2, 0) is 38.1 Å². The summed E-state index contributed by atoms with van der Waals surface area (Å²) in [6.07, 6.45) is -2.41. The van der Waals surface area contributed by atoms with Crippen molar-refractivity contribution < 1.29 is 184 Å². The van der Waals surface area contributed by atoms with Gasteiger partial charge in [-0.15, -0.1) is 0 Å². The summed E-state index contributed by atoms with van der Waals surface area (Å²) in [6, 6.07) is 3.44. The molecule has 0 aliphatic carbocycles. The van der Waals surface area contributed by atoms with Crippen LogP contribution in [0.3, 0.4) is 0 Å². The predicted octanol–water partition coefficient (Wildman–Crippen LogP) is -14.5. The Balaban J connectivity index is 0.00000400. The van der Waals surface area contributed by atoms with E-state index in [1.807, 2.05) is 0 Å². The first-order chi connectivity index (χ1) is 17.2. The molecule has 4 rings (SSSR count). The second-order valence-electron chi connectivity index (χ2n) is 7.33. The number of furan rings is 1. The minimum Gasteiger partial charge on any atom is -0.790 e. The SMILES string of the molecule is O=P([O-])([O-])OP(=O)([O-])OP(=O)([O-])OCC1OC(n2cnc3c(NCc4ccco4)ncnc32)C(O)C1O.[Na+].[Na+].[Na+].[Na+]. The normalized spacial score (nSPS) is 23.2. The van der Waals surface area contributed by atoms with Crippen LogP contribution in [-0.4, -0.2) is 54.7 Å². The Labute approximate surface area is 319 Å². The molecule has 1 saturated heterocycles. The molecule has 0 radical (unpaired) electrons. The van der Waals surface area contributed by atoms with Crippen LogP contribution in [0.25, 0.3) is 11.2 Å². The van der Waals surface area contributed by atoms with Gasteiger partial charge in [-0.2, -0.15) is 0 Å². The van der Waals surface area contributed by atoms with Crippen molar-refractivity contribution in [3.05, 3.63) is 36.8 Å². The molecule has 0 aromatic carbocycles. The van der Waals surface area contributed by atoms with Gasteiger partial charge in [0.2, 0.25) is 0 Å². The average Bonchev–Trinajstić information content (AvgIpc) is 3.49. The molecule has 6 atom stereocenters. The van der Waals surface area contributed by atoms with Gasteiger partial charge < -0.3 is 53.3 Å². The maximum absolute atomic E-state index is 11.7. The number of aliphatic hydroxyl groups is 2. The number of aliphatic hydroxyl groups excluding tert-OH is 2. The molecular formula is C15H16N5Na4O14P3. The number of rotatable bonds is 11. The van der Waals surface area contributed by atoms with Crippen molar-refractivity contribution in [2.75, 3.05) is 11.9 Å². The Morgan fingerprint density at radius 3 is 2.27 bits per heavy atom. The van der Waals surface area contributed by atoms with E-state index in [4.69, 9.17) is 9.15 Å². The van der Waals surface area contributed by atoms with Gasteiger partial charge in [0.05, 0.1) is 33.6 Å². The molecule has 0 bridgehead atoms. The summed E-state index contributed by atoms with van der Waals surface area (Å²) in [6.45, 7) is -0.814. The van der Waals surface area contributed by atoms with E-state index in [0.29, 0.717) is 11.6 Å². The summed E-state index contributed by atoms with van der Waals surface area (Å²) < 4.78 is 56.1. The zero-order valence-electron chi connectivity index (χ0n) is 22.0. The summed E-state index contributed by atoms with van der Waals surface area (Å²) in [5.74, 6) is 0.920. The van der Waals surface area contributed by atoms with Crippen LogP contribution in [0.1, 0.15) is 12.0 Å². The zero-order valence-corrected chi connectivity index (χ0v) is 32.7. The molecule has 1 aliphatic rings. The summed E-state index contributed by atoms with van der Waals surface area (Å²) in [5.41, 5.74) is 0.424. The molecule has 41 heavy (non-hydrogen) atoms. The molecule has 3 aromatic heterocycles. The van der Waals surface area contributed by atoms with Crippen LogP contribution in [0.2, 0.25) is 0 Å². The molecule has 0 amide bonds. The molecule has 1 aliphatic heterocycles. The third-order valence-corrected chi connectivity index (χ3v) is 8.44. The number of anilines is 1. The monoisotopic (exact) mass is 675 g/mol. The largest absolute Gasteiger partial charge is 1.00 e. The van der Waals surface area contributed by atoms with E-state index in [0.717, 1.165) is 0 Å². The Morgan fingerprint density at radius 2 is 1.66 bits per heavy atom. The number of hydrogen-bond acceptors (Lipinski definition) is 18. The molecule has 3 N–H and O–H groups in total. The standard InChI is InChI=1S/C15H20N5O14P3.4Na/c21-11-9(5-31-36(26,27)34-37(28,29)33-35(23,24)25)32-15(12(11)22)20-7-19-10-13(17-6-18-14(10)20)16-4-8-2-1-3-30-8;;;;/h1-3,6-7,9,11-12,15,21-22H,4-5H2,(H,26,27)(H,28,29)(H,16,17,18)(H2,23,24,25);;;;/q;4*+1/p-4. The molecular weight excluding hydrogens is 659 g/mol. The van der Waals surface area contributed by atoms with E-state index in [1.165, 1.54) is 23.5 Å². The minimum atomic E-state index is -6.16. The van der Waals surface area contributed by atoms with Crippen LogP contribution in [0.15, 0.2) is 35.5 Å². The number of nitrogens with one attached hydrogen (secondary N) is 1. The predicted molar refractivity (Wildman–Crippen MR) is 108 cm³/mol. The summed E-state index contributed by atoms with van der Waals surface area (Å²) in [5, 5.41) is 23.7. The first-order valence-corrected chi connectivity index (χ1v) is 14.3. The van der Waals surface area contributed by atoms with Crippen molar-refractivity contribution in [3.8, 4) is 0 Å². The van der Waals surface area contributed by atoms with E-state index in [9.17, 15) is 43.5 Å². The molecule has 0 spiro atoms. The van der Waals surface area contributed by atoms with Gasteiger partial charge in [0, 0.05) is 0 Å². The van der Waals surface area contributed by atoms with Crippen LogP contribution in [0, 0.1) is 0 Å². The van der Waals surface area contributed by atoms with E-state index in [-0.39, 0.29) is 136 Å². The van der Waals surface area contributed by atoms with Gasteiger partial charge in [0.15, 0.2) is 23.2 Å². The molecule has 19 nitrogen and oxygen atoms in total. The maximum Gasteiger partial charge on any atom is 1.00 e. The number of phosphoric ester groups is 1. The van der Waals surface area contributed by atoms with Crippen molar-refractivity contribution in [3.63, 3.8) is 0 Å².